The molecule has 0 aliphatic rings. The second kappa shape index (κ2) is 3.83. The van der Waals surface area contributed by atoms with Crippen molar-refractivity contribution in [2.45, 2.75) is 6.92 Å². The van der Waals surface area contributed by atoms with Crippen LogP contribution in [0.2, 0.25) is 5.15 Å². The number of ether oxygens (including phenoxy) is 1. The summed E-state index contributed by atoms with van der Waals surface area (Å²) in [6, 6.07) is 0. The van der Waals surface area contributed by atoms with Crippen molar-refractivity contribution in [3.05, 3.63) is 22.7 Å². The van der Waals surface area contributed by atoms with Crippen LogP contribution >= 0.6 is 11.6 Å². The minimum atomic E-state index is -1.69. The zero-order valence-corrected chi connectivity index (χ0v) is 7.33. The van der Waals surface area contributed by atoms with Crippen molar-refractivity contribution in [1.82, 2.24) is 4.98 Å². The van der Waals surface area contributed by atoms with Crippen molar-refractivity contribution in [3.8, 4) is 5.75 Å². The highest BCUT2D eigenvalue weighted by Gasteiger charge is 2.20. The lowest BCUT2D eigenvalue weighted by molar-refractivity contribution is 0.304. The van der Waals surface area contributed by atoms with E-state index in [0.717, 1.165) is 0 Å². The summed E-state index contributed by atoms with van der Waals surface area (Å²) in [5.41, 5.74) is 0. The Hall–Kier alpha value is -0.970. The lowest BCUT2D eigenvalue weighted by Gasteiger charge is -2.06. The summed E-state index contributed by atoms with van der Waals surface area (Å²) in [5.74, 6) is -5.29. The van der Waals surface area contributed by atoms with Crippen LogP contribution in [0.4, 0.5) is 13.2 Å². The van der Waals surface area contributed by atoms with E-state index >= 15 is 0 Å². The fourth-order valence-electron chi connectivity index (χ4n) is 0.734. The maximum atomic E-state index is 12.8. The molecule has 0 unspecified atom stereocenters. The molecule has 6 heteroatoms. The molecule has 0 N–H and O–H groups in total. The summed E-state index contributed by atoms with van der Waals surface area (Å²) in [6.45, 7) is 1.64. The molecule has 0 saturated heterocycles. The van der Waals surface area contributed by atoms with Gasteiger partial charge in [0.25, 0.3) is 5.95 Å². The summed E-state index contributed by atoms with van der Waals surface area (Å²) < 4.78 is 42.4. The van der Waals surface area contributed by atoms with Gasteiger partial charge in [-0.15, -0.1) is 0 Å². The van der Waals surface area contributed by atoms with Crippen molar-refractivity contribution >= 4 is 11.6 Å². The molecule has 1 rings (SSSR count). The third-order valence-corrected chi connectivity index (χ3v) is 1.50. The average molecular weight is 212 g/mol. The van der Waals surface area contributed by atoms with Crippen molar-refractivity contribution < 1.29 is 17.9 Å². The molecule has 0 radical (unpaired) electrons. The van der Waals surface area contributed by atoms with Crippen LogP contribution in [0.5, 0.6) is 5.75 Å². The number of nitrogens with zero attached hydrogens (tertiary/aromatic N) is 1. The molecule has 0 bridgehead atoms. The van der Waals surface area contributed by atoms with E-state index in [1.54, 1.807) is 6.92 Å². The maximum Gasteiger partial charge on any atom is 0.253 e. The molecule has 0 amide bonds. The van der Waals surface area contributed by atoms with Crippen molar-refractivity contribution in [3.63, 3.8) is 0 Å². The number of hydrogen-bond acceptors (Lipinski definition) is 2. The minimum absolute atomic E-state index is 0.0867. The van der Waals surface area contributed by atoms with Gasteiger partial charge < -0.3 is 4.74 Å². The first kappa shape index (κ1) is 10.1. The van der Waals surface area contributed by atoms with Gasteiger partial charge in [-0.1, -0.05) is 11.6 Å². The smallest absolute Gasteiger partial charge is 0.253 e. The second-order valence-corrected chi connectivity index (χ2v) is 2.44. The molecule has 13 heavy (non-hydrogen) atoms. The largest absolute Gasteiger partial charge is 0.488 e. The number of halogens is 4. The molecule has 1 heterocycles. The summed E-state index contributed by atoms with van der Waals surface area (Å²) in [5, 5.41) is -0.529. The number of hydrogen-bond donors (Lipinski definition) is 0. The highest BCUT2D eigenvalue weighted by atomic mass is 35.5. The second-order valence-electron chi connectivity index (χ2n) is 2.08. The number of aromatic nitrogens is 1. The zero-order valence-electron chi connectivity index (χ0n) is 6.57. The minimum Gasteiger partial charge on any atom is -0.488 e. The van der Waals surface area contributed by atoms with Gasteiger partial charge in [-0.25, -0.2) is 4.98 Å². The first-order valence-corrected chi connectivity index (χ1v) is 3.78. The van der Waals surface area contributed by atoms with E-state index < -0.39 is 28.5 Å². The molecule has 1 aromatic rings. The van der Waals surface area contributed by atoms with E-state index in [1.165, 1.54) is 0 Å². The highest BCUT2D eigenvalue weighted by molar-refractivity contribution is 6.30. The van der Waals surface area contributed by atoms with Crippen LogP contribution in [0.3, 0.4) is 0 Å². The fourth-order valence-corrected chi connectivity index (χ4v) is 0.946. The van der Waals surface area contributed by atoms with Gasteiger partial charge in [-0.3, -0.25) is 0 Å². The van der Waals surface area contributed by atoms with Gasteiger partial charge >= 0.3 is 0 Å². The summed E-state index contributed by atoms with van der Waals surface area (Å²) >= 11 is 5.30. The molecule has 0 spiro atoms. The SMILES string of the molecule is CCOc1c(Cl)nc(F)c(F)c1F. The van der Waals surface area contributed by atoms with Gasteiger partial charge in [0.05, 0.1) is 6.61 Å². The summed E-state index contributed by atoms with van der Waals surface area (Å²) in [7, 11) is 0. The Labute approximate surface area is 77.3 Å². The molecule has 0 aliphatic carbocycles. The van der Waals surface area contributed by atoms with Crippen LogP contribution in [0, 0.1) is 17.6 Å². The molecule has 1 aromatic heterocycles. The Bertz CT molecular complexity index is 332. The van der Waals surface area contributed by atoms with Gasteiger partial charge in [0, 0.05) is 0 Å². The normalized spacial score (nSPS) is 10.2. The molecule has 0 aliphatic heterocycles. The first-order valence-electron chi connectivity index (χ1n) is 3.40. The zero-order chi connectivity index (χ0) is 10.0. The van der Waals surface area contributed by atoms with E-state index in [0.29, 0.717) is 0 Å². The lowest BCUT2D eigenvalue weighted by Crippen LogP contribution is -2.02. The molecular weight excluding hydrogens is 207 g/mol. The highest BCUT2D eigenvalue weighted by Crippen LogP contribution is 2.28. The Morgan fingerprint density at radius 2 is 1.92 bits per heavy atom. The van der Waals surface area contributed by atoms with Gasteiger partial charge in [-0.05, 0) is 6.92 Å². The van der Waals surface area contributed by atoms with Crippen LogP contribution in [-0.2, 0) is 0 Å². The lowest BCUT2D eigenvalue weighted by atomic mass is 10.4. The van der Waals surface area contributed by atoms with Gasteiger partial charge in [0.1, 0.15) is 0 Å². The maximum absolute atomic E-state index is 12.8. The van der Waals surface area contributed by atoms with Crippen LogP contribution in [-0.4, -0.2) is 11.6 Å². The number of pyridine rings is 1. The van der Waals surface area contributed by atoms with Crippen LogP contribution < -0.4 is 4.74 Å². The van der Waals surface area contributed by atoms with Crippen LogP contribution in [0.25, 0.3) is 0 Å². The standard InChI is InChI=1S/C7H5ClF3NO/c1-2-13-5-3(9)4(10)7(11)12-6(5)8/h2H2,1H3. The quantitative estimate of drug-likeness (QED) is 0.702. The molecule has 0 fully saturated rings. The molecule has 72 valence electrons. The van der Waals surface area contributed by atoms with E-state index in [4.69, 9.17) is 11.6 Å². The fraction of sp³-hybridized carbons (Fsp3) is 0.286. The first-order chi connectivity index (χ1) is 6.07. The number of rotatable bonds is 2. The molecule has 0 saturated carbocycles. The van der Waals surface area contributed by atoms with E-state index in [2.05, 4.69) is 9.72 Å². The van der Waals surface area contributed by atoms with E-state index in [9.17, 15) is 13.2 Å². The Kier molecular flexibility index (Phi) is 2.98. The summed E-state index contributed by atoms with van der Waals surface area (Å²) in [6.07, 6.45) is 0. The topological polar surface area (TPSA) is 22.1 Å². The van der Waals surface area contributed by atoms with E-state index in [1.807, 2.05) is 0 Å². The van der Waals surface area contributed by atoms with Crippen molar-refractivity contribution in [2.75, 3.05) is 6.61 Å². The van der Waals surface area contributed by atoms with Crippen molar-refractivity contribution in [1.29, 1.82) is 0 Å². The predicted octanol–water partition coefficient (Wildman–Crippen LogP) is 2.55. The molecule has 2 nitrogen and oxygen atoms in total. The Morgan fingerprint density at radius 1 is 1.31 bits per heavy atom. The summed E-state index contributed by atoms with van der Waals surface area (Å²) in [4.78, 5) is 2.91. The monoisotopic (exact) mass is 211 g/mol. The molecular formula is C7H5ClF3NO. The van der Waals surface area contributed by atoms with Gasteiger partial charge in [0.2, 0.25) is 11.6 Å². The third-order valence-electron chi connectivity index (χ3n) is 1.25. The average Bonchev–Trinajstić information content (AvgIpc) is 2.09. The van der Waals surface area contributed by atoms with Gasteiger partial charge in [-0.2, -0.15) is 13.2 Å². The van der Waals surface area contributed by atoms with Crippen LogP contribution in [0.15, 0.2) is 0 Å². The van der Waals surface area contributed by atoms with Gasteiger partial charge in [0.15, 0.2) is 10.9 Å². The van der Waals surface area contributed by atoms with E-state index in [-0.39, 0.29) is 6.61 Å². The van der Waals surface area contributed by atoms with Crippen LogP contribution in [0.1, 0.15) is 6.92 Å². The molecule has 0 aromatic carbocycles. The Morgan fingerprint density at radius 3 is 2.46 bits per heavy atom. The predicted molar refractivity (Wildman–Crippen MR) is 40.3 cm³/mol. The Balaban J connectivity index is 3.26. The van der Waals surface area contributed by atoms with Crippen molar-refractivity contribution in [2.24, 2.45) is 0 Å². The molecule has 0 atom stereocenters. The third kappa shape index (κ3) is 1.85.